The van der Waals surface area contributed by atoms with Gasteiger partial charge in [-0.2, -0.15) is 4.98 Å². The van der Waals surface area contributed by atoms with Crippen molar-refractivity contribution in [1.82, 2.24) is 19.9 Å². The fraction of sp³-hybridized carbons (Fsp3) is 0.360. The van der Waals surface area contributed by atoms with E-state index >= 15 is 0 Å². The molecule has 0 bridgehead atoms. The van der Waals surface area contributed by atoms with Crippen LogP contribution in [0.2, 0.25) is 0 Å². The Kier molecular flexibility index (Phi) is 7.14. The molecule has 0 radical (unpaired) electrons. The Morgan fingerprint density at radius 1 is 1.09 bits per heavy atom. The van der Waals surface area contributed by atoms with E-state index in [1.165, 1.54) is 19.3 Å². The third kappa shape index (κ3) is 4.96. The Morgan fingerprint density at radius 2 is 1.79 bits per heavy atom. The molecule has 0 saturated carbocycles. The molecule has 1 atom stereocenters. The van der Waals surface area contributed by atoms with Crippen molar-refractivity contribution in [1.29, 1.82) is 0 Å². The van der Waals surface area contributed by atoms with Crippen LogP contribution in [0.1, 0.15) is 36.5 Å². The molecule has 2 aliphatic heterocycles. The summed E-state index contributed by atoms with van der Waals surface area (Å²) in [7, 11) is 0. The zero-order valence-electron chi connectivity index (χ0n) is 18.6. The lowest BCUT2D eigenvalue weighted by atomic mass is 9.96. The van der Waals surface area contributed by atoms with E-state index < -0.39 is 0 Å². The molecule has 1 N–H and O–H groups in total. The van der Waals surface area contributed by atoms with Crippen LogP contribution in [0.5, 0.6) is 0 Å². The highest BCUT2D eigenvalue weighted by atomic mass is 16.5. The van der Waals surface area contributed by atoms with Gasteiger partial charge in [-0.05, 0) is 38.4 Å². The highest BCUT2D eigenvalue weighted by Crippen LogP contribution is 2.29. The van der Waals surface area contributed by atoms with Gasteiger partial charge in [0.05, 0.1) is 11.1 Å². The van der Waals surface area contributed by atoms with Crippen LogP contribution in [-0.2, 0) is 4.79 Å². The minimum absolute atomic E-state index is 0.0333. The lowest BCUT2D eigenvalue weighted by Gasteiger charge is -2.49. The number of hydrogen-bond donors (Lipinski definition) is 1. The first kappa shape index (κ1) is 22.7. The highest BCUT2D eigenvalue weighted by Gasteiger charge is 2.38. The molecular formula is C25H28N4O4. The van der Waals surface area contributed by atoms with Gasteiger partial charge in [0.1, 0.15) is 0 Å². The van der Waals surface area contributed by atoms with Crippen molar-refractivity contribution < 1.29 is 19.2 Å². The molecule has 33 heavy (non-hydrogen) atoms. The fourth-order valence-corrected chi connectivity index (χ4v) is 4.56. The zero-order chi connectivity index (χ0) is 23.2. The van der Waals surface area contributed by atoms with Crippen molar-refractivity contribution in [3.05, 3.63) is 60.2 Å². The monoisotopic (exact) mass is 448 g/mol. The first-order valence-electron chi connectivity index (χ1n) is 11.2. The van der Waals surface area contributed by atoms with Gasteiger partial charge in [0.15, 0.2) is 0 Å². The van der Waals surface area contributed by atoms with Gasteiger partial charge in [0.2, 0.25) is 5.82 Å². The third-order valence-electron chi connectivity index (χ3n) is 6.32. The topological polar surface area (TPSA) is 99.8 Å². The van der Waals surface area contributed by atoms with E-state index in [2.05, 4.69) is 22.0 Å². The predicted molar refractivity (Wildman–Crippen MR) is 124 cm³/mol. The van der Waals surface area contributed by atoms with Gasteiger partial charge in [-0.1, -0.05) is 54.0 Å². The minimum atomic E-state index is -0.250. The summed E-state index contributed by atoms with van der Waals surface area (Å²) in [6.45, 7) is 4.78. The number of likely N-dealkylation sites (tertiary alicyclic amines) is 2. The normalized spacial score (nSPS) is 18.7. The van der Waals surface area contributed by atoms with Crippen molar-refractivity contribution in [2.45, 2.75) is 38.3 Å². The molecule has 0 spiro atoms. The van der Waals surface area contributed by atoms with Crippen LogP contribution in [0, 0.1) is 0 Å². The molecule has 1 unspecified atom stereocenters. The molecule has 2 saturated heterocycles. The summed E-state index contributed by atoms with van der Waals surface area (Å²) in [5.41, 5.74) is 2.19. The van der Waals surface area contributed by atoms with E-state index in [0.29, 0.717) is 34.9 Å². The molecule has 3 heterocycles. The number of benzene rings is 2. The second-order valence-corrected chi connectivity index (χ2v) is 8.39. The minimum Gasteiger partial charge on any atom is -0.483 e. The van der Waals surface area contributed by atoms with E-state index in [-0.39, 0.29) is 12.4 Å². The molecule has 2 aromatic carbocycles. The van der Waals surface area contributed by atoms with Crippen LogP contribution >= 0.6 is 0 Å². The Morgan fingerprint density at radius 3 is 2.52 bits per heavy atom. The average Bonchev–Trinajstić information content (AvgIpc) is 3.31. The van der Waals surface area contributed by atoms with Gasteiger partial charge in [0, 0.05) is 30.7 Å². The van der Waals surface area contributed by atoms with Crippen molar-refractivity contribution in [2.24, 2.45) is 0 Å². The van der Waals surface area contributed by atoms with Gasteiger partial charge < -0.3 is 14.5 Å². The fourth-order valence-electron chi connectivity index (χ4n) is 4.56. The number of piperidine rings is 1. The predicted octanol–water partition coefficient (Wildman–Crippen LogP) is 3.80. The molecule has 2 aliphatic rings. The maximum atomic E-state index is 13.2. The summed E-state index contributed by atoms with van der Waals surface area (Å²) < 4.78 is 5.52. The number of amides is 1. The maximum absolute atomic E-state index is 13.2. The van der Waals surface area contributed by atoms with E-state index in [9.17, 15) is 4.79 Å². The first-order valence-corrected chi connectivity index (χ1v) is 11.2. The second kappa shape index (κ2) is 10.4. The van der Waals surface area contributed by atoms with E-state index in [1.807, 2.05) is 59.5 Å². The number of rotatable bonds is 4. The summed E-state index contributed by atoms with van der Waals surface area (Å²) in [6, 6.07) is 18.3. The molecule has 8 nitrogen and oxygen atoms in total. The molecule has 3 aromatic rings. The third-order valence-corrected chi connectivity index (χ3v) is 6.32. The lowest BCUT2D eigenvalue weighted by molar-refractivity contribution is -0.122. The summed E-state index contributed by atoms with van der Waals surface area (Å²) >= 11 is 0. The van der Waals surface area contributed by atoms with Gasteiger partial charge in [-0.3, -0.25) is 14.5 Å². The van der Waals surface area contributed by atoms with Crippen LogP contribution in [0.3, 0.4) is 0 Å². The summed E-state index contributed by atoms with van der Waals surface area (Å²) in [4.78, 5) is 30.6. The summed E-state index contributed by atoms with van der Waals surface area (Å²) in [6.07, 6.45) is 3.84. The Hall–Kier alpha value is -3.52. The maximum Gasteiger partial charge on any atom is 0.290 e. The molecule has 2 fully saturated rings. The van der Waals surface area contributed by atoms with Crippen LogP contribution in [-0.4, -0.2) is 69.1 Å². The quantitative estimate of drug-likeness (QED) is 0.606. The van der Waals surface area contributed by atoms with Crippen molar-refractivity contribution in [3.63, 3.8) is 0 Å². The van der Waals surface area contributed by atoms with E-state index in [0.717, 1.165) is 25.2 Å². The standard InChI is InChI=1S/C24H26N4O2.CH2O2/c1-17-9-7-8-14-28(17)19-15-27(16-19)24(29)21-13-6-5-12-20(21)23-25-22(26-30-23)18-10-3-2-4-11-18;2-1-3/h2-6,10-13,17,19H,7-9,14-16H2,1H3;1H,(H,2,3). The Labute approximate surface area is 192 Å². The number of carbonyl (C=O) groups is 2. The zero-order valence-corrected chi connectivity index (χ0v) is 18.6. The van der Waals surface area contributed by atoms with Crippen LogP contribution in [0.25, 0.3) is 22.8 Å². The largest absolute Gasteiger partial charge is 0.483 e. The van der Waals surface area contributed by atoms with E-state index in [4.69, 9.17) is 14.4 Å². The summed E-state index contributed by atoms with van der Waals surface area (Å²) in [5, 5.41) is 11.0. The van der Waals surface area contributed by atoms with Crippen LogP contribution in [0.15, 0.2) is 59.1 Å². The smallest absolute Gasteiger partial charge is 0.290 e. The lowest BCUT2D eigenvalue weighted by Crippen LogP contribution is -2.63. The second-order valence-electron chi connectivity index (χ2n) is 8.39. The Balaban J connectivity index is 0.000000821. The van der Waals surface area contributed by atoms with Gasteiger partial charge in [0.25, 0.3) is 18.3 Å². The van der Waals surface area contributed by atoms with Crippen molar-refractivity contribution in [3.8, 4) is 22.8 Å². The van der Waals surface area contributed by atoms with Gasteiger partial charge in [-0.15, -0.1) is 0 Å². The van der Waals surface area contributed by atoms with Crippen molar-refractivity contribution >= 4 is 12.4 Å². The van der Waals surface area contributed by atoms with Crippen LogP contribution < -0.4 is 0 Å². The molecule has 1 aromatic heterocycles. The molecular weight excluding hydrogens is 420 g/mol. The molecule has 5 rings (SSSR count). The molecule has 172 valence electrons. The number of aromatic nitrogens is 2. The molecule has 0 aliphatic carbocycles. The van der Waals surface area contributed by atoms with Crippen molar-refractivity contribution in [2.75, 3.05) is 19.6 Å². The molecule has 1 amide bonds. The summed E-state index contributed by atoms with van der Waals surface area (Å²) in [5.74, 6) is 0.932. The molecule has 8 heteroatoms. The average molecular weight is 449 g/mol. The van der Waals surface area contributed by atoms with E-state index in [1.54, 1.807) is 0 Å². The number of carbonyl (C=O) groups excluding carboxylic acids is 1. The number of nitrogens with zero attached hydrogens (tertiary/aromatic N) is 4. The number of hydrogen-bond acceptors (Lipinski definition) is 6. The van der Waals surface area contributed by atoms with Gasteiger partial charge in [-0.25, -0.2) is 0 Å². The number of carboxylic acid groups (broad SMARTS) is 1. The first-order chi connectivity index (χ1) is 16.1. The SMILES string of the molecule is CC1CCCCN1C1CN(C(=O)c2ccccc2-c2nc(-c3ccccc3)no2)C1.O=CO. The Bertz CT molecular complexity index is 1080. The van der Waals surface area contributed by atoms with Crippen LogP contribution in [0.4, 0.5) is 0 Å². The highest BCUT2D eigenvalue weighted by molar-refractivity contribution is 6.00. The van der Waals surface area contributed by atoms with Gasteiger partial charge >= 0.3 is 0 Å².